The van der Waals surface area contributed by atoms with Gasteiger partial charge in [0.05, 0.1) is 0 Å². The van der Waals surface area contributed by atoms with E-state index >= 15 is 0 Å². The van der Waals surface area contributed by atoms with Gasteiger partial charge in [-0.15, -0.1) is 0 Å². The van der Waals surface area contributed by atoms with Crippen molar-refractivity contribution in [2.24, 2.45) is 0 Å². The first kappa shape index (κ1) is 14.8. The maximum atomic E-state index is 6.03. The summed E-state index contributed by atoms with van der Waals surface area (Å²) >= 11 is 6.03. The summed E-state index contributed by atoms with van der Waals surface area (Å²) in [5.41, 5.74) is 3.40. The predicted octanol–water partition coefficient (Wildman–Crippen LogP) is 4.80. The third-order valence-corrected chi connectivity index (χ3v) is 3.47. The van der Waals surface area contributed by atoms with Crippen LogP contribution >= 0.6 is 11.6 Å². The highest BCUT2D eigenvalue weighted by Crippen LogP contribution is 2.30. The Balaban J connectivity index is 2.37. The molecule has 106 valence electrons. The quantitative estimate of drug-likeness (QED) is 0.759. The summed E-state index contributed by atoms with van der Waals surface area (Å²) in [6.45, 7) is 8.22. The number of halogens is 1. The highest BCUT2D eigenvalue weighted by Gasteiger charge is 2.10. The summed E-state index contributed by atoms with van der Waals surface area (Å²) in [7, 11) is 0. The molecule has 0 amide bonds. The third-order valence-electron chi connectivity index (χ3n) is 3.27. The molecule has 0 saturated carbocycles. The summed E-state index contributed by atoms with van der Waals surface area (Å²) in [5, 5.41) is 0.418. The molecule has 0 atom stereocenters. The minimum Gasteiger partial charge on any atom is -0.438 e. The fourth-order valence-corrected chi connectivity index (χ4v) is 2.21. The SMILES string of the molecule is CCCc1nc(Cl)cc(Oc2c(C)ccc(C)c2C)n1. The van der Waals surface area contributed by atoms with Crippen LogP contribution in [0.25, 0.3) is 0 Å². The molecule has 0 fully saturated rings. The van der Waals surface area contributed by atoms with Crippen LogP contribution in [0, 0.1) is 20.8 Å². The second kappa shape index (κ2) is 6.23. The molecule has 0 aliphatic carbocycles. The summed E-state index contributed by atoms with van der Waals surface area (Å²) < 4.78 is 5.95. The van der Waals surface area contributed by atoms with Crippen LogP contribution in [-0.4, -0.2) is 9.97 Å². The minimum absolute atomic E-state index is 0.418. The number of rotatable bonds is 4. The molecular weight excluding hydrogens is 272 g/mol. The standard InChI is InChI=1S/C16H19ClN2O/c1-5-6-14-18-13(17)9-15(19-14)20-16-11(3)8-7-10(2)12(16)4/h7-9H,5-6H2,1-4H3. The molecule has 0 bridgehead atoms. The van der Waals surface area contributed by atoms with Gasteiger partial charge in [0.25, 0.3) is 0 Å². The van der Waals surface area contributed by atoms with E-state index in [4.69, 9.17) is 16.3 Å². The van der Waals surface area contributed by atoms with E-state index in [9.17, 15) is 0 Å². The van der Waals surface area contributed by atoms with Crippen molar-refractivity contribution in [1.82, 2.24) is 9.97 Å². The molecule has 0 unspecified atom stereocenters. The van der Waals surface area contributed by atoms with Crippen molar-refractivity contribution >= 4 is 11.6 Å². The third kappa shape index (κ3) is 3.28. The second-order valence-electron chi connectivity index (χ2n) is 4.95. The molecule has 1 heterocycles. The first-order valence-corrected chi connectivity index (χ1v) is 7.17. The molecule has 4 heteroatoms. The van der Waals surface area contributed by atoms with E-state index in [1.165, 1.54) is 5.56 Å². The Labute approximate surface area is 125 Å². The molecule has 2 rings (SSSR count). The van der Waals surface area contributed by atoms with Crippen molar-refractivity contribution in [3.8, 4) is 11.6 Å². The number of aromatic nitrogens is 2. The van der Waals surface area contributed by atoms with Crippen LogP contribution in [0.2, 0.25) is 5.15 Å². The number of ether oxygens (including phenoxy) is 1. The van der Waals surface area contributed by atoms with E-state index in [0.29, 0.717) is 11.0 Å². The normalized spacial score (nSPS) is 10.7. The minimum atomic E-state index is 0.418. The van der Waals surface area contributed by atoms with Crippen LogP contribution in [0.15, 0.2) is 18.2 Å². The van der Waals surface area contributed by atoms with Crippen LogP contribution in [-0.2, 0) is 6.42 Å². The van der Waals surface area contributed by atoms with E-state index in [1.54, 1.807) is 6.07 Å². The van der Waals surface area contributed by atoms with Crippen molar-refractivity contribution in [2.45, 2.75) is 40.5 Å². The lowest BCUT2D eigenvalue weighted by molar-refractivity contribution is 0.451. The van der Waals surface area contributed by atoms with Crippen molar-refractivity contribution in [3.05, 3.63) is 45.9 Å². The van der Waals surface area contributed by atoms with Crippen molar-refractivity contribution in [1.29, 1.82) is 0 Å². The molecule has 0 saturated heterocycles. The van der Waals surface area contributed by atoms with Gasteiger partial charge in [0.15, 0.2) is 0 Å². The molecular formula is C16H19ClN2O. The molecule has 0 spiro atoms. The summed E-state index contributed by atoms with van der Waals surface area (Å²) in [5.74, 6) is 2.07. The smallest absolute Gasteiger partial charge is 0.224 e. The van der Waals surface area contributed by atoms with Crippen molar-refractivity contribution < 1.29 is 4.74 Å². The Bertz CT molecular complexity index is 626. The maximum absolute atomic E-state index is 6.03. The van der Waals surface area contributed by atoms with E-state index in [-0.39, 0.29) is 0 Å². The number of hydrogen-bond donors (Lipinski definition) is 0. The zero-order chi connectivity index (χ0) is 14.7. The van der Waals surface area contributed by atoms with Gasteiger partial charge in [0.1, 0.15) is 16.7 Å². The lowest BCUT2D eigenvalue weighted by Gasteiger charge is -2.13. The second-order valence-corrected chi connectivity index (χ2v) is 5.34. The summed E-state index contributed by atoms with van der Waals surface area (Å²) in [6, 6.07) is 5.79. The first-order valence-electron chi connectivity index (χ1n) is 6.79. The Hall–Kier alpha value is -1.61. The number of benzene rings is 1. The van der Waals surface area contributed by atoms with Crippen molar-refractivity contribution in [2.75, 3.05) is 0 Å². The van der Waals surface area contributed by atoms with E-state index in [2.05, 4.69) is 29.9 Å². The van der Waals surface area contributed by atoms with Crippen LogP contribution in [0.3, 0.4) is 0 Å². The van der Waals surface area contributed by atoms with E-state index < -0.39 is 0 Å². The zero-order valence-corrected chi connectivity index (χ0v) is 13.1. The lowest BCUT2D eigenvalue weighted by atomic mass is 10.1. The number of aryl methyl sites for hydroxylation is 3. The van der Waals surface area contributed by atoms with Crippen LogP contribution in [0.5, 0.6) is 11.6 Å². The molecule has 1 aromatic carbocycles. The Morgan fingerprint density at radius 2 is 1.80 bits per heavy atom. The first-order chi connectivity index (χ1) is 9.51. The van der Waals surface area contributed by atoms with Gasteiger partial charge < -0.3 is 4.74 Å². The van der Waals surface area contributed by atoms with Gasteiger partial charge in [0.2, 0.25) is 5.88 Å². The van der Waals surface area contributed by atoms with Crippen LogP contribution in [0.4, 0.5) is 0 Å². The molecule has 0 N–H and O–H groups in total. The molecule has 20 heavy (non-hydrogen) atoms. The molecule has 1 aromatic heterocycles. The average Bonchev–Trinajstić information content (AvgIpc) is 2.39. The van der Waals surface area contributed by atoms with Gasteiger partial charge in [-0.25, -0.2) is 4.98 Å². The topological polar surface area (TPSA) is 35.0 Å². The molecule has 3 nitrogen and oxygen atoms in total. The average molecular weight is 291 g/mol. The molecule has 0 aliphatic heterocycles. The van der Waals surface area contributed by atoms with Crippen LogP contribution < -0.4 is 4.74 Å². The summed E-state index contributed by atoms with van der Waals surface area (Å²) in [6.07, 6.45) is 1.77. The number of nitrogens with zero attached hydrogens (tertiary/aromatic N) is 2. The Morgan fingerprint density at radius 3 is 2.50 bits per heavy atom. The van der Waals surface area contributed by atoms with Gasteiger partial charge in [0, 0.05) is 12.5 Å². The van der Waals surface area contributed by atoms with Crippen molar-refractivity contribution in [3.63, 3.8) is 0 Å². The Kier molecular flexibility index (Phi) is 4.61. The van der Waals surface area contributed by atoms with Gasteiger partial charge >= 0.3 is 0 Å². The fraction of sp³-hybridized carbons (Fsp3) is 0.375. The lowest BCUT2D eigenvalue weighted by Crippen LogP contribution is -2.00. The highest BCUT2D eigenvalue weighted by atomic mass is 35.5. The maximum Gasteiger partial charge on any atom is 0.224 e. The van der Waals surface area contributed by atoms with Gasteiger partial charge in [-0.05, 0) is 43.9 Å². The largest absolute Gasteiger partial charge is 0.438 e. The molecule has 2 aromatic rings. The van der Waals surface area contributed by atoms with Crippen LogP contribution in [0.1, 0.15) is 35.9 Å². The van der Waals surface area contributed by atoms with E-state index in [1.807, 2.05) is 19.9 Å². The van der Waals surface area contributed by atoms with Gasteiger partial charge in [-0.3, -0.25) is 0 Å². The zero-order valence-electron chi connectivity index (χ0n) is 12.3. The Morgan fingerprint density at radius 1 is 1.10 bits per heavy atom. The monoisotopic (exact) mass is 290 g/mol. The highest BCUT2D eigenvalue weighted by molar-refractivity contribution is 6.29. The fourth-order valence-electron chi connectivity index (χ4n) is 2.02. The van der Waals surface area contributed by atoms with Gasteiger partial charge in [-0.2, -0.15) is 4.98 Å². The van der Waals surface area contributed by atoms with E-state index in [0.717, 1.165) is 35.5 Å². The van der Waals surface area contributed by atoms with Gasteiger partial charge in [-0.1, -0.05) is 30.7 Å². The summed E-state index contributed by atoms with van der Waals surface area (Å²) in [4.78, 5) is 8.61. The number of hydrogen-bond acceptors (Lipinski definition) is 3. The predicted molar refractivity (Wildman–Crippen MR) is 81.8 cm³/mol. The molecule has 0 radical (unpaired) electrons. The molecule has 0 aliphatic rings.